The second-order valence-electron chi connectivity index (χ2n) is 17.1. The quantitative estimate of drug-likeness (QED) is 0.108. The summed E-state index contributed by atoms with van der Waals surface area (Å²) in [6, 6.07) is 108. The fourth-order valence-electron chi connectivity index (χ4n) is 9.21. The summed E-state index contributed by atoms with van der Waals surface area (Å²) in [6.07, 6.45) is 0. The third-order valence-electron chi connectivity index (χ3n) is 12.6. The van der Waals surface area contributed by atoms with Gasteiger partial charge in [-0.1, -0.05) is 158 Å². The number of hydrogen-bond acceptors (Lipinski definition) is 4. The van der Waals surface area contributed by atoms with Crippen LogP contribution in [0.25, 0.3) is 22.3 Å². The number of rotatable bonds is 14. The summed E-state index contributed by atoms with van der Waals surface area (Å²) in [5, 5.41) is 0. The van der Waals surface area contributed by atoms with Crippen LogP contribution in [0.5, 0.6) is 0 Å². The Hall–Kier alpha value is -9.38. The molecule has 0 aromatic heterocycles. The van der Waals surface area contributed by atoms with Crippen molar-refractivity contribution < 1.29 is 0 Å². The van der Waals surface area contributed by atoms with Crippen molar-refractivity contribution in [2.45, 2.75) is 0 Å². The van der Waals surface area contributed by atoms with Gasteiger partial charge in [0.2, 0.25) is 0 Å². The van der Waals surface area contributed by atoms with Gasteiger partial charge < -0.3 is 19.6 Å². The fraction of sp³-hybridized carbons (Fsp3) is 0. The van der Waals surface area contributed by atoms with Gasteiger partial charge in [-0.05, 0) is 168 Å². The molecule has 0 unspecified atom stereocenters. The summed E-state index contributed by atoms with van der Waals surface area (Å²) in [4.78, 5) is 9.22. The first-order valence-electron chi connectivity index (χ1n) is 23.8. The zero-order chi connectivity index (χ0) is 46.9. The molecule has 0 fully saturated rings. The van der Waals surface area contributed by atoms with Crippen molar-refractivity contribution in [2.75, 3.05) is 19.6 Å². The zero-order valence-corrected chi connectivity index (χ0v) is 38.7. The normalized spacial score (nSPS) is 10.9. The molecule has 0 saturated carbocycles. The lowest BCUT2D eigenvalue weighted by Gasteiger charge is -2.28. The van der Waals surface area contributed by atoms with Gasteiger partial charge in [-0.15, -0.1) is 0 Å². The maximum Gasteiger partial charge on any atom is 0.0463 e. The first-order valence-corrected chi connectivity index (χ1v) is 23.8. The standard InChI is InChI=1S/C66H50N4/c1-7-19-55(20-8-1)67(56-21-9-2-10-22-56)61-39-31-51(32-40-61)53-35-43-63(44-36-53)70(66-49-47-65(48-50-66)69(59-27-15-5-16-28-59)60-29-17-6-18-30-60)64-45-37-54(38-46-64)52-33-41-62(42-34-52)68(57-23-11-3-12-24-57)58-25-13-4-14-26-58/h1-50H. The maximum absolute atomic E-state index is 2.34. The van der Waals surface area contributed by atoms with Crippen LogP contribution in [0.3, 0.4) is 0 Å². The molecule has 11 rings (SSSR count). The van der Waals surface area contributed by atoms with Crippen LogP contribution in [0, 0.1) is 0 Å². The average Bonchev–Trinajstić information content (AvgIpc) is 3.44. The lowest BCUT2D eigenvalue weighted by molar-refractivity contribution is 1.26. The lowest BCUT2D eigenvalue weighted by Crippen LogP contribution is -2.12. The number of hydrogen-bond donors (Lipinski definition) is 0. The summed E-state index contributed by atoms with van der Waals surface area (Å²) in [5.41, 5.74) is 17.7. The van der Waals surface area contributed by atoms with Crippen molar-refractivity contribution in [3.8, 4) is 22.3 Å². The van der Waals surface area contributed by atoms with Crippen LogP contribution in [-0.2, 0) is 0 Å². The molecule has 11 aromatic rings. The molecule has 0 aliphatic heterocycles. The Morgan fingerprint density at radius 1 is 0.114 bits per heavy atom. The molecule has 0 atom stereocenters. The molecule has 0 saturated heterocycles. The number of nitrogens with zero attached hydrogens (tertiary/aromatic N) is 4. The van der Waals surface area contributed by atoms with Crippen LogP contribution in [0.2, 0.25) is 0 Å². The van der Waals surface area contributed by atoms with Crippen molar-refractivity contribution in [2.24, 2.45) is 0 Å². The van der Waals surface area contributed by atoms with Crippen LogP contribution in [-0.4, -0.2) is 0 Å². The first-order chi connectivity index (χ1) is 34.7. The zero-order valence-electron chi connectivity index (χ0n) is 38.7. The summed E-state index contributed by atoms with van der Waals surface area (Å²) < 4.78 is 0. The molecule has 70 heavy (non-hydrogen) atoms. The molecule has 4 heteroatoms. The van der Waals surface area contributed by atoms with Gasteiger partial charge in [0.1, 0.15) is 0 Å². The Labute approximate surface area is 411 Å². The third-order valence-corrected chi connectivity index (χ3v) is 12.6. The second kappa shape index (κ2) is 20.2. The van der Waals surface area contributed by atoms with Crippen molar-refractivity contribution in [1.29, 1.82) is 0 Å². The Morgan fingerprint density at radius 2 is 0.229 bits per heavy atom. The molecule has 0 heterocycles. The van der Waals surface area contributed by atoms with Crippen molar-refractivity contribution >= 4 is 68.2 Å². The highest BCUT2D eigenvalue weighted by Gasteiger charge is 2.18. The fourth-order valence-corrected chi connectivity index (χ4v) is 9.21. The molecule has 0 spiro atoms. The Bertz CT molecular complexity index is 3060. The summed E-state index contributed by atoms with van der Waals surface area (Å²) >= 11 is 0. The van der Waals surface area contributed by atoms with Gasteiger partial charge >= 0.3 is 0 Å². The van der Waals surface area contributed by atoms with Gasteiger partial charge in [0.25, 0.3) is 0 Å². The minimum Gasteiger partial charge on any atom is -0.311 e. The molecule has 0 aliphatic rings. The number of para-hydroxylation sites is 6. The van der Waals surface area contributed by atoms with Gasteiger partial charge in [0, 0.05) is 68.2 Å². The molecule has 11 aromatic carbocycles. The summed E-state index contributed by atoms with van der Waals surface area (Å²) in [7, 11) is 0. The topological polar surface area (TPSA) is 13.0 Å². The van der Waals surface area contributed by atoms with Crippen molar-refractivity contribution in [1.82, 2.24) is 0 Å². The van der Waals surface area contributed by atoms with Gasteiger partial charge in [-0.2, -0.15) is 0 Å². The van der Waals surface area contributed by atoms with Crippen molar-refractivity contribution in [3.05, 3.63) is 303 Å². The van der Waals surface area contributed by atoms with Crippen LogP contribution in [0.4, 0.5) is 68.2 Å². The van der Waals surface area contributed by atoms with Gasteiger partial charge in [0.15, 0.2) is 0 Å². The van der Waals surface area contributed by atoms with E-state index in [4.69, 9.17) is 0 Å². The predicted octanol–water partition coefficient (Wildman–Crippen LogP) is 18.9. The highest BCUT2D eigenvalue weighted by molar-refractivity contribution is 5.84. The average molecular weight is 899 g/mol. The highest BCUT2D eigenvalue weighted by atomic mass is 15.2. The minimum atomic E-state index is 1.06. The first kappa shape index (κ1) is 43.2. The largest absolute Gasteiger partial charge is 0.311 e. The van der Waals surface area contributed by atoms with Gasteiger partial charge in [-0.3, -0.25) is 0 Å². The molecule has 0 radical (unpaired) electrons. The van der Waals surface area contributed by atoms with E-state index in [2.05, 4.69) is 323 Å². The van der Waals surface area contributed by atoms with E-state index in [1.54, 1.807) is 0 Å². The lowest BCUT2D eigenvalue weighted by atomic mass is 10.0. The molecular weight excluding hydrogens is 849 g/mol. The summed E-state index contributed by atoms with van der Waals surface area (Å²) in [5.74, 6) is 0. The molecular formula is C66H50N4. The third kappa shape index (κ3) is 9.31. The predicted molar refractivity (Wildman–Crippen MR) is 296 cm³/mol. The van der Waals surface area contributed by atoms with E-state index >= 15 is 0 Å². The minimum absolute atomic E-state index is 1.06. The van der Waals surface area contributed by atoms with Gasteiger partial charge in [0.05, 0.1) is 0 Å². The highest BCUT2D eigenvalue weighted by Crippen LogP contribution is 2.42. The van der Waals surface area contributed by atoms with Crippen molar-refractivity contribution in [3.63, 3.8) is 0 Å². The molecule has 334 valence electrons. The maximum atomic E-state index is 2.34. The molecule has 4 nitrogen and oxygen atoms in total. The van der Waals surface area contributed by atoms with E-state index in [-0.39, 0.29) is 0 Å². The van der Waals surface area contributed by atoms with Gasteiger partial charge in [-0.25, -0.2) is 0 Å². The van der Waals surface area contributed by atoms with E-state index in [9.17, 15) is 0 Å². The SMILES string of the molecule is c1ccc(N(c2ccccc2)c2ccc(-c3ccc(N(c4ccc(-c5ccc(N(c6ccccc6)c6ccccc6)cc5)cc4)c4ccc(N(c5ccccc5)c5ccccc5)cc4)cc3)cc2)cc1. The summed E-state index contributed by atoms with van der Waals surface area (Å²) in [6.45, 7) is 0. The van der Waals surface area contributed by atoms with Crippen LogP contribution in [0.1, 0.15) is 0 Å². The molecule has 0 bridgehead atoms. The smallest absolute Gasteiger partial charge is 0.0463 e. The van der Waals surface area contributed by atoms with E-state index in [1.807, 2.05) is 0 Å². The van der Waals surface area contributed by atoms with Crippen LogP contribution >= 0.6 is 0 Å². The number of benzene rings is 11. The van der Waals surface area contributed by atoms with Crippen LogP contribution in [0.15, 0.2) is 303 Å². The molecule has 0 amide bonds. The van der Waals surface area contributed by atoms with E-state index in [0.29, 0.717) is 0 Å². The monoisotopic (exact) mass is 898 g/mol. The van der Waals surface area contributed by atoms with E-state index in [1.165, 1.54) is 0 Å². The molecule has 0 aliphatic carbocycles. The van der Waals surface area contributed by atoms with E-state index in [0.717, 1.165) is 90.5 Å². The Morgan fingerprint density at radius 3 is 0.371 bits per heavy atom. The Balaban J connectivity index is 0.918. The Kier molecular flexibility index (Phi) is 12.5. The molecule has 0 N–H and O–H groups in total. The van der Waals surface area contributed by atoms with E-state index < -0.39 is 0 Å². The second-order valence-corrected chi connectivity index (χ2v) is 17.1. The van der Waals surface area contributed by atoms with Crippen LogP contribution < -0.4 is 19.6 Å². The number of anilines is 12.